The van der Waals surface area contributed by atoms with E-state index >= 15 is 0 Å². The molecule has 6 aromatic rings. The Morgan fingerprint density at radius 2 is 0.986 bits per heavy atom. The van der Waals surface area contributed by atoms with E-state index in [1.54, 1.807) is 45.0 Å². The Morgan fingerprint density at radius 3 is 1.37 bits per heavy atom. The van der Waals surface area contributed by atoms with Crippen LogP contribution in [0.5, 0.6) is 0 Å². The number of hydrogen-bond donors (Lipinski definition) is 6. The molecule has 70 heavy (non-hydrogen) atoms. The Labute approximate surface area is 405 Å². The van der Waals surface area contributed by atoms with Crippen LogP contribution in [0.3, 0.4) is 0 Å². The molecule has 370 valence electrons. The minimum absolute atomic E-state index is 0.209. The highest BCUT2D eigenvalue weighted by molar-refractivity contribution is 7.53. The minimum atomic E-state index is -3.14. The van der Waals surface area contributed by atoms with E-state index in [9.17, 15) is 9.36 Å². The van der Waals surface area contributed by atoms with E-state index in [1.807, 2.05) is 36.4 Å². The first kappa shape index (κ1) is 54.3. The third-order valence-corrected chi connectivity index (χ3v) is 11.2. The lowest BCUT2D eigenvalue weighted by Gasteiger charge is -2.17. The Morgan fingerprint density at radius 1 is 0.571 bits per heavy atom. The molecule has 24 heteroatoms. The molecule has 0 saturated heterocycles. The summed E-state index contributed by atoms with van der Waals surface area (Å²) in [5, 5.41) is 20.5. The minimum Gasteiger partial charge on any atom is -0.462 e. The molecule has 0 unspecified atom stereocenters. The highest BCUT2D eigenvalue weighted by Crippen LogP contribution is 2.51. The fraction of sp³-hybridized carbons (Fsp3) is 0.261. The number of nitrogen functional groups attached to an aromatic ring is 3. The molecule has 0 atom stereocenters. The van der Waals surface area contributed by atoms with Crippen molar-refractivity contribution in [1.82, 2.24) is 29.9 Å². The first-order chi connectivity index (χ1) is 33.9. The quantitative estimate of drug-likeness (QED) is 0.0173. The summed E-state index contributed by atoms with van der Waals surface area (Å²) in [6, 6.07) is 22.4. The van der Waals surface area contributed by atoms with Crippen molar-refractivity contribution in [1.29, 1.82) is 0 Å². The van der Waals surface area contributed by atoms with Crippen LogP contribution in [0.4, 0.5) is 52.0 Å². The van der Waals surface area contributed by atoms with E-state index < -0.39 is 7.60 Å². The van der Waals surface area contributed by atoms with Crippen LogP contribution in [0, 0.1) is 0 Å². The molecule has 0 aliphatic rings. The molecule has 3 heterocycles. The van der Waals surface area contributed by atoms with Gasteiger partial charge in [0.1, 0.15) is 75.2 Å². The molecule has 0 aliphatic heterocycles. The number of nitrogens with one attached hydrogen (secondary N) is 3. The first-order valence-corrected chi connectivity index (χ1v) is 23.3. The number of oxime groups is 3. The number of nitrogens with zero attached hydrogens (tertiary/aromatic N) is 9. The maximum atomic E-state index is 12.6. The molecule has 0 saturated carbocycles. The predicted octanol–water partition coefficient (Wildman–Crippen LogP) is 7.85. The summed E-state index contributed by atoms with van der Waals surface area (Å²) in [5.74, 6) is 2.00. The monoisotopic (exact) mass is 979 g/mol. The van der Waals surface area contributed by atoms with Gasteiger partial charge in [0.15, 0.2) is 0 Å². The van der Waals surface area contributed by atoms with E-state index in [0.29, 0.717) is 71.0 Å². The number of aromatic nitrogens is 6. The molecular weight excluding hydrogens is 922 g/mol. The van der Waals surface area contributed by atoms with E-state index in [1.165, 1.54) is 64.5 Å². The van der Waals surface area contributed by atoms with Crippen molar-refractivity contribution in [2.24, 2.45) is 15.5 Å². The van der Waals surface area contributed by atoms with Crippen LogP contribution in [-0.4, -0.2) is 95.7 Å². The summed E-state index contributed by atoms with van der Waals surface area (Å²) in [6.07, 6.45) is 9.64. The van der Waals surface area contributed by atoms with Crippen LogP contribution < -0.4 is 33.2 Å². The fourth-order valence-corrected chi connectivity index (χ4v) is 7.54. The maximum Gasteiger partial charge on any atom is 0.338 e. The van der Waals surface area contributed by atoms with E-state index in [4.69, 9.17) is 31.0 Å². The molecule has 9 N–H and O–H groups in total. The van der Waals surface area contributed by atoms with E-state index in [-0.39, 0.29) is 23.8 Å². The van der Waals surface area contributed by atoms with Gasteiger partial charge in [-0.1, -0.05) is 52.7 Å². The van der Waals surface area contributed by atoms with Gasteiger partial charge in [-0.2, -0.15) is 0 Å². The first-order valence-electron chi connectivity index (χ1n) is 21.6. The van der Waals surface area contributed by atoms with Gasteiger partial charge in [-0.05, 0) is 80.8 Å². The zero-order valence-corrected chi connectivity index (χ0v) is 40.8. The number of carbonyl (C=O) groups excluding carboxylic acids is 1. The number of hydrogen-bond acceptors (Lipinski definition) is 23. The summed E-state index contributed by atoms with van der Waals surface area (Å²) in [4.78, 5) is 50.1. The fourth-order valence-electron chi connectivity index (χ4n) is 5.84. The second-order valence-electron chi connectivity index (χ2n) is 13.8. The average molecular weight is 980 g/mol. The average Bonchev–Trinajstić information content (AvgIpc) is 3.35. The third kappa shape index (κ3) is 17.1. The van der Waals surface area contributed by atoms with E-state index in [2.05, 4.69) is 94.9 Å². The second kappa shape index (κ2) is 28.8. The molecular formula is C46H58N15O8P. The normalized spacial score (nSPS) is 11.0. The molecule has 0 amide bonds. The van der Waals surface area contributed by atoms with Gasteiger partial charge in [0.2, 0.25) is 0 Å². The van der Waals surface area contributed by atoms with Crippen LogP contribution in [0.2, 0.25) is 0 Å². The second-order valence-corrected chi connectivity index (χ2v) is 15.9. The van der Waals surface area contributed by atoms with Gasteiger partial charge in [-0.25, -0.2) is 34.7 Å². The summed E-state index contributed by atoms with van der Waals surface area (Å²) in [6.45, 7) is 8.43. The molecule has 0 aliphatic carbocycles. The summed E-state index contributed by atoms with van der Waals surface area (Å²) in [7, 11) is 1.19. The van der Waals surface area contributed by atoms with Crippen molar-refractivity contribution in [3.63, 3.8) is 0 Å². The Kier molecular flexibility index (Phi) is 22.4. The number of benzene rings is 3. The number of esters is 1. The predicted molar refractivity (Wildman–Crippen MR) is 272 cm³/mol. The van der Waals surface area contributed by atoms with Crippen LogP contribution >= 0.6 is 7.60 Å². The zero-order valence-electron chi connectivity index (χ0n) is 39.9. The number of ether oxygens (including phenoxy) is 1. The van der Waals surface area contributed by atoms with Gasteiger partial charge in [0.25, 0.3) is 0 Å². The SMILES string of the molecule is CCOC(=O)c1cccc(Nc2ncnc(N)c2/C=N/OC)c1.CCOP(=O)(Cc1ccc(Nc2ncnc(N)c2/C=N/OC)cc1)OCC.CCc1ccc(Nc2ncnc(N)c2/C=N/OC)cc1. The zero-order chi connectivity index (χ0) is 50.7. The highest BCUT2D eigenvalue weighted by atomic mass is 31.2. The maximum absolute atomic E-state index is 12.6. The van der Waals surface area contributed by atoms with Gasteiger partial charge in [-0.15, -0.1) is 0 Å². The number of carbonyl (C=O) groups is 1. The lowest BCUT2D eigenvalue weighted by molar-refractivity contribution is 0.0526. The number of nitrogens with two attached hydrogens (primary N) is 3. The third-order valence-electron chi connectivity index (χ3n) is 9.11. The van der Waals surface area contributed by atoms with Crippen molar-refractivity contribution in [3.8, 4) is 0 Å². The van der Waals surface area contributed by atoms with Crippen LogP contribution in [-0.2, 0) is 45.4 Å². The van der Waals surface area contributed by atoms with Crippen molar-refractivity contribution in [2.75, 3.05) is 74.3 Å². The lowest BCUT2D eigenvalue weighted by Crippen LogP contribution is -2.07. The largest absolute Gasteiger partial charge is 0.462 e. The Balaban J connectivity index is 0.000000231. The standard InChI is InChI=1S/C17H24N5O4P.C15H17N5O3.C14H17N5O/c1-4-25-27(23,26-5-2)11-13-6-8-14(9-7-13)22-17-15(10-21-24-3)16(18)19-12-20-17;1-3-23-15(21)10-5-4-6-11(7-10)20-14-12(8-19-22-2)13(16)17-9-18-14;1-3-10-4-6-11(7-5-10)19-14-12(8-18-20-2)13(15)16-9-17-14/h6-10,12H,4-5,11H2,1-3H3,(H3,18,19,20,22);4-9H,3H2,1-2H3,(H3,16,17,18,20);4-9H,3H2,1-2H3,(H3,15,16,17,19)/b21-10+;19-8+;18-8+. The van der Waals surface area contributed by atoms with Crippen LogP contribution in [0.15, 0.2) is 107 Å². The van der Waals surface area contributed by atoms with Crippen LogP contribution in [0.25, 0.3) is 0 Å². The summed E-state index contributed by atoms with van der Waals surface area (Å²) < 4.78 is 28.3. The molecule has 0 bridgehead atoms. The van der Waals surface area contributed by atoms with Crippen LogP contribution in [0.1, 0.15) is 65.9 Å². The van der Waals surface area contributed by atoms with Crippen molar-refractivity contribution < 1.29 is 37.7 Å². The number of anilines is 9. The van der Waals surface area contributed by atoms with Gasteiger partial charge in [0, 0.05) is 17.1 Å². The molecule has 3 aromatic carbocycles. The topological polar surface area (TPSA) is 318 Å². The van der Waals surface area contributed by atoms with E-state index in [0.717, 1.165) is 23.4 Å². The summed E-state index contributed by atoms with van der Waals surface area (Å²) in [5.41, 5.74) is 24.0. The molecule has 0 spiro atoms. The Hall–Kier alpha value is -8.27. The Bertz CT molecular complexity index is 2700. The number of aryl methyl sites for hydroxylation is 1. The van der Waals surface area contributed by atoms with Gasteiger partial charge >= 0.3 is 13.6 Å². The van der Waals surface area contributed by atoms with Crippen molar-refractivity contribution >= 4 is 84.2 Å². The molecule has 0 radical (unpaired) electrons. The molecule has 6 rings (SSSR count). The molecule has 3 aromatic heterocycles. The molecule has 0 fully saturated rings. The van der Waals surface area contributed by atoms with Gasteiger partial charge in [-0.3, -0.25) is 4.57 Å². The van der Waals surface area contributed by atoms with Gasteiger partial charge < -0.3 is 61.4 Å². The smallest absolute Gasteiger partial charge is 0.338 e. The molecule has 23 nitrogen and oxygen atoms in total. The summed E-state index contributed by atoms with van der Waals surface area (Å²) >= 11 is 0. The highest BCUT2D eigenvalue weighted by Gasteiger charge is 2.24. The van der Waals surface area contributed by atoms with Gasteiger partial charge in [0.05, 0.1) is 66.9 Å². The number of rotatable bonds is 21. The van der Waals surface area contributed by atoms with Crippen molar-refractivity contribution in [2.45, 2.75) is 40.3 Å². The lowest BCUT2D eigenvalue weighted by atomic mass is 10.1. The van der Waals surface area contributed by atoms with Crippen molar-refractivity contribution in [3.05, 3.63) is 125 Å².